The molecule has 0 saturated heterocycles. The van der Waals surface area contributed by atoms with Crippen molar-refractivity contribution in [2.45, 2.75) is 24.9 Å². The Labute approximate surface area is 134 Å². The third kappa shape index (κ3) is 2.32. The molecule has 0 fully saturated rings. The van der Waals surface area contributed by atoms with Crippen LogP contribution in [0.4, 0.5) is 11.4 Å². The Morgan fingerprint density at radius 1 is 1.22 bits per heavy atom. The first-order chi connectivity index (χ1) is 11.1. The van der Waals surface area contributed by atoms with Crippen molar-refractivity contribution < 1.29 is 9.90 Å². The third-order valence-electron chi connectivity index (χ3n) is 4.71. The van der Waals surface area contributed by atoms with Crippen molar-refractivity contribution in [3.63, 3.8) is 0 Å². The summed E-state index contributed by atoms with van der Waals surface area (Å²) in [6, 6.07) is 13.5. The molecule has 1 aliphatic carbocycles. The van der Waals surface area contributed by atoms with Crippen molar-refractivity contribution in [2.75, 3.05) is 11.1 Å². The number of aliphatic hydroxyl groups is 1. The first-order valence-electron chi connectivity index (χ1n) is 7.82. The van der Waals surface area contributed by atoms with E-state index < -0.39 is 6.10 Å². The monoisotopic (exact) mass is 306 g/mol. The standard InChI is InChI=1S/C19H18N2O2/c20-12-6-7-17-14(9-12)16(19(23)21-17)10-15-13-4-2-1-3-11(13)5-8-18(15)22/h1-4,6-7,9-10,15,18,22H,5,8,20H2,(H,21,23). The van der Waals surface area contributed by atoms with E-state index in [0.29, 0.717) is 17.7 Å². The first-order valence-corrected chi connectivity index (χ1v) is 7.82. The summed E-state index contributed by atoms with van der Waals surface area (Å²) < 4.78 is 0. The molecule has 2 aromatic rings. The molecule has 0 bridgehead atoms. The predicted molar refractivity (Wildman–Crippen MR) is 91.0 cm³/mol. The normalized spacial score (nSPS) is 24.2. The number of nitrogens with one attached hydrogen (secondary N) is 1. The molecule has 0 saturated carbocycles. The van der Waals surface area contributed by atoms with Crippen molar-refractivity contribution in [1.82, 2.24) is 0 Å². The number of rotatable bonds is 1. The van der Waals surface area contributed by atoms with Gasteiger partial charge in [-0.1, -0.05) is 30.3 Å². The second-order valence-electron chi connectivity index (χ2n) is 6.17. The van der Waals surface area contributed by atoms with Crippen LogP contribution in [-0.4, -0.2) is 17.1 Å². The molecule has 116 valence electrons. The van der Waals surface area contributed by atoms with Crippen molar-refractivity contribution in [3.05, 3.63) is 65.2 Å². The molecule has 0 radical (unpaired) electrons. The maximum Gasteiger partial charge on any atom is 0.256 e. The van der Waals surface area contributed by atoms with Gasteiger partial charge in [-0.2, -0.15) is 0 Å². The number of nitrogens with two attached hydrogens (primary N) is 1. The van der Waals surface area contributed by atoms with Crippen molar-refractivity contribution in [3.8, 4) is 0 Å². The quantitative estimate of drug-likeness (QED) is 0.560. The van der Waals surface area contributed by atoms with Gasteiger partial charge in [0.25, 0.3) is 5.91 Å². The maximum atomic E-state index is 12.3. The number of nitrogen functional groups attached to an aromatic ring is 1. The number of benzene rings is 2. The van der Waals surface area contributed by atoms with Crippen LogP contribution in [0.15, 0.2) is 48.5 Å². The summed E-state index contributed by atoms with van der Waals surface area (Å²) >= 11 is 0. The van der Waals surface area contributed by atoms with Gasteiger partial charge >= 0.3 is 0 Å². The highest BCUT2D eigenvalue weighted by Gasteiger charge is 2.30. The molecule has 4 rings (SSSR count). The van der Waals surface area contributed by atoms with Gasteiger partial charge in [0.15, 0.2) is 0 Å². The summed E-state index contributed by atoms with van der Waals surface area (Å²) in [4.78, 5) is 12.3. The van der Waals surface area contributed by atoms with E-state index in [2.05, 4.69) is 11.4 Å². The highest BCUT2D eigenvalue weighted by molar-refractivity contribution is 6.31. The second-order valence-corrected chi connectivity index (χ2v) is 6.17. The number of hydrogen-bond donors (Lipinski definition) is 3. The van der Waals surface area contributed by atoms with Crippen LogP contribution >= 0.6 is 0 Å². The summed E-state index contributed by atoms with van der Waals surface area (Å²) in [5.74, 6) is -0.311. The molecule has 1 heterocycles. The summed E-state index contributed by atoms with van der Waals surface area (Å²) in [5, 5.41) is 13.3. The largest absolute Gasteiger partial charge is 0.399 e. The van der Waals surface area contributed by atoms with Crippen LogP contribution < -0.4 is 11.1 Å². The van der Waals surface area contributed by atoms with E-state index in [9.17, 15) is 9.90 Å². The Balaban J connectivity index is 1.82. The fourth-order valence-electron chi connectivity index (χ4n) is 3.53. The smallest absolute Gasteiger partial charge is 0.256 e. The van der Waals surface area contributed by atoms with Crippen LogP contribution in [0.2, 0.25) is 0 Å². The van der Waals surface area contributed by atoms with Gasteiger partial charge in [-0.05, 0) is 42.2 Å². The predicted octanol–water partition coefficient (Wildman–Crippen LogP) is 2.70. The van der Waals surface area contributed by atoms with Crippen LogP contribution in [0.3, 0.4) is 0 Å². The molecule has 2 aromatic carbocycles. The van der Waals surface area contributed by atoms with Crippen LogP contribution in [0.1, 0.15) is 29.0 Å². The number of carbonyl (C=O) groups excluding carboxylic acids is 1. The molecular weight excluding hydrogens is 288 g/mol. The lowest BCUT2D eigenvalue weighted by molar-refractivity contribution is -0.110. The number of aliphatic hydroxyl groups excluding tert-OH is 1. The van der Waals surface area contributed by atoms with Gasteiger partial charge in [0, 0.05) is 28.4 Å². The second kappa shape index (κ2) is 5.25. The van der Waals surface area contributed by atoms with Gasteiger partial charge < -0.3 is 16.2 Å². The van der Waals surface area contributed by atoms with Gasteiger partial charge in [0.2, 0.25) is 0 Å². The zero-order valence-electron chi connectivity index (χ0n) is 12.6. The number of aryl methyl sites for hydroxylation is 1. The number of amides is 1. The van der Waals surface area contributed by atoms with Crippen LogP contribution in [-0.2, 0) is 11.2 Å². The Morgan fingerprint density at radius 2 is 2.04 bits per heavy atom. The average Bonchev–Trinajstić information content (AvgIpc) is 2.85. The fraction of sp³-hybridized carbons (Fsp3) is 0.211. The SMILES string of the molecule is Nc1ccc2c(c1)C(=CC1c3ccccc3CCC1O)C(=O)N2. The van der Waals surface area contributed by atoms with E-state index in [4.69, 9.17) is 5.73 Å². The van der Waals surface area contributed by atoms with Gasteiger partial charge in [-0.3, -0.25) is 4.79 Å². The fourth-order valence-corrected chi connectivity index (χ4v) is 3.53. The molecule has 0 spiro atoms. The van der Waals surface area contributed by atoms with Gasteiger partial charge in [-0.15, -0.1) is 0 Å². The van der Waals surface area contributed by atoms with Crippen molar-refractivity contribution >= 4 is 22.9 Å². The number of anilines is 2. The highest BCUT2D eigenvalue weighted by atomic mass is 16.3. The molecule has 1 aliphatic heterocycles. The van der Waals surface area contributed by atoms with E-state index in [1.807, 2.05) is 30.3 Å². The summed E-state index contributed by atoms with van der Waals surface area (Å²) in [6.07, 6.45) is 2.99. The highest BCUT2D eigenvalue weighted by Crippen LogP contribution is 2.39. The van der Waals surface area contributed by atoms with Crippen LogP contribution in [0.5, 0.6) is 0 Å². The Kier molecular flexibility index (Phi) is 3.20. The summed E-state index contributed by atoms with van der Waals surface area (Å²) in [5.41, 5.74) is 11.0. The van der Waals surface area contributed by atoms with E-state index in [-0.39, 0.29) is 11.8 Å². The lowest BCUT2D eigenvalue weighted by Crippen LogP contribution is -2.24. The van der Waals surface area contributed by atoms with Crippen molar-refractivity contribution in [2.24, 2.45) is 0 Å². The van der Waals surface area contributed by atoms with Gasteiger partial charge in [-0.25, -0.2) is 0 Å². The Bertz CT molecular complexity index is 826. The molecule has 2 atom stereocenters. The molecule has 1 amide bonds. The molecule has 0 aromatic heterocycles. The molecule has 2 unspecified atom stereocenters. The summed E-state index contributed by atoms with van der Waals surface area (Å²) in [6.45, 7) is 0. The minimum absolute atomic E-state index is 0.138. The van der Waals surface area contributed by atoms with Gasteiger partial charge in [0.1, 0.15) is 0 Å². The maximum absolute atomic E-state index is 12.3. The number of fused-ring (bicyclic) bond motifs is 2. The van der Waals surface area contributed by atoms with Crippen LogP contribution in [0, 0.1) is 0 Å². The molecule has 4 N–H and O–H groups in total. The Morgan fingerprint density at radius 3 is 2.91 bits per heavy atom. The van der Waals surface area contributed by atoms with E-state index >= 15 is 0 Å². The summed E-state index contributed by atoms with van der Waals surface area (Å²) in [7, 11) is 0. The zero-order valence-corrected chi connectivity index (χ0v) is 12.6. The number of carbonyl (C=O) groups is 1. The lowest BCUT2D eigenvalue weighted by Gasteiger charge is -2.28. The van der Waals surface area contributed by atoms with Crippen molar-refractivity contribution in [1.29, 1.82) is 0 Å². The van der Waals surface area contributed by atoms with E-state index in [0.717, 1.165) is 23.2 Å². The molecule has 23 heavy (non-hydrogen) atoms. The number of hydrogen-bond acceptors (Lipinski definition) is 3. The minimum atomic E-state index is -0.477. The molecular formula is C19H18N2O2. The zero-order chi connectivity index (χ0) is 16.0. The third-order valence-corrected chi connectivity index (χ3v) is 4.71. The molecule has 4 nitrogen and oxygen atoms in total. The average molecular weight is 306 g/mol. The van der Waals surface area contributed by atoms with Crippen LogP contribution in [0.25, 0.3) is 5.57 Å². The Hall–Kier alpha value is -2.59. The first kappa shape index (κ1) is 14.0. The minimum Gasteiger partial charge on any atom is -0.399 e. The lowest BCUT2D eigenvalue weighted by atomic mass is 9.79. The van der Waals surface area contributed by atoms with E-state index in [1.165, 1.54) is 5.56 Å². The molecule has 4 heteroatoms. The topological polar surface area (TPSA) is 75.3 Å². The van der Waals surface area contributed by atoms with Gasteiger partial charge in [0.05, 0.1) is 6.10 Å². The van der Waals surface area contributed by atoms with E-state index in [1.54, 1.807) is 12.1 Å². The molecule has 2 aliphatic rings.